The largest absolute Gasteiger partial charge is 0.370 e. The molecule has 0 bridgehead atoms. The van der Waals surface area contributed by atoms with Crippen LogP contribution in [0.4, 0.5) is 5.95 Å². The van der Waals surface area contributed by atoms with Crippen LogP contribution in [0.25, 0.3) is 22.2 Å². The fourth-order valence-electron chi connectivity index (χ4n) is 2.14. The highest BCUT2D eigenvalue weighted by Crippen LogP contribution is 2.29. The van der Waals surface area contributed by atoms with Gasteiger partial charge >= 0.3 is 0 Å². The molecule has 5 nitrogen and oxygen atoms in total. The summed E-state index contributed by atoms with van der Waals surface area (Å²) in [5, 5.41) is 4.41. The van der Waals surface area contributed by atoms with E-state index in [1.807, 2.05) is 42.5 Å². The number of aliphatic imine (C=N–C) groups is 1. The number of halogens is 1. The number of hydrogen-bond acceptors (Lipinski definition) is 3. The van der Waals surface area contributed by atoms with Crippen LogP contribution in [0.5, 0.6) is 0 Å². The quantitative estimate of drug-likeness (QED) is 0.562. The molecule has 0 spiro atoms. The van der Waals surface area contributed by atoms with Crippen molar-refractivity contribution in [3.05, 3.63) is 53.6 Å². The highest BCUT2D eigenvalue weighted by atomic mass is 35.5. The Morgan fingerprint density at radius 2 is 1.91 bits per heavy atom. The van der Waals surface area contributed by atoms with Crippen LogP contribution in [0, 0.1) is 0 Å². The second-order valence-corrected chi connectivity index (χ2v) is 5.09. The van der Waals surface area contributed by atoms with Crippen molar-refractivity contribution in [1.29, 1.82) is 0 Å². The minimum absolute atomic E-state index is 0.257. The third kappa shape index (κ3) is 2.84. The summed E-state index contributed by atoms with van der Waals surface area (Å²) < 4.78 is 0. The molecule has 6 heteroatoms. The van der Waals surface area contributed by atoms with Crippen LogP contribution in [-0.2, 0) is 0 Å². The van der Waals surface area contributed by atoms with Gasteiger partial charge in [0.25, 0.3) is 0 Å². The van der Waals surface area contributed by atoms with Gasteiger partial charge in [-0.3, -0.25) is 10.3 Å². The number of guanidine groups is 1. The van der Waals surface area contributed by atoms with E-state index in [1.165, 1.54) is 0 Å². The van der Waals surface area contributed by atoms with E-state index in [1.54, 1.807) is 13.1 Å². The number of aromatic nitrogens is 2. The Labute approximate surface area is 132 Å². The second kappa shape index (κ2) is 5.99. The molecule has 110 valence electrons. The molecule has 3 rings (SSSR count). The number of nitrogens with two attached hydrogens (primary N) is 1. The topological polar surface area (TPSA) is 76.2 Å². The molecule has 0 amide bonds. The average molecular weight is 312 g/mol. The highest BCUT2D eigenvalue weighted by Gasteiger charge is 2.10. The first-order chi connectivity index (χ1) is 10.7. The van der Waals surface area contributed by atoms with Crippen LogP contribution in [0.2, 0.25) is 5.02 Å². The van der Waals surface area contributed by atoms with Gasteiger partial charge in [-0.2, -0.15) is 0 Å². The van der Waals surface area contributed by atoms with E-state index < -0.39 is 0 Å². The molecular formula is C16H14ClN5. The van der Waals surface area contributed by atoms with Gasteiger partial charge in [-0.1, -0.05) is 41.9 Å². The van der Waals surface area contributed by atoms with Gasteiger partial charge in [0, 0.05) is 23.0 Å². The minimum atomic E-state index is 0.257. The summed E-state index contributed by atoms with van der Waals surface area (Å²) in [5.74, 6) is 0.657. The lowest BCUT2D eigenvalue weighted by Gasteiger charge is -2.10. The van der Waals surface area contributed by atoms with Crippen LogP contribution in [-0.4, -0.2) is 23.0 Å². The molecule has 0 aliphatic carbocycles. The minimum Gasteiger partial charge on any atom is -0.370 e. The zero-order valence-electron chi connectivity index (χ0n) is 11.9. The molecule has 0 fully saturated rings. The molecule has 0 atom stereocenters. The molecule has 1 heterocycles. The lowest BCUT2D eigenvalue weighted by molar-refractivity contribution is 1.21. The number of fused-ring (bicyclic) bond motifs is 1. The van der Waals surface area contributed by atoms with Gasteiger partial charge in [0.15, 0.2) is 5.96 Å². The van der Waals surface area contributed by atoms with Crippen molar-refractivity contribution in [2.75, 3.05) is 12.4 Å². The summed E-state index contributed by atoms with van der Waals surface area (Å²) in [4.78, 5) is 12.9. The van der Waals surface area contributed by atoms with E-state index in [2.05, 4.69) is 20.3 Å². The van der Waals surface area contributed by atoms with Crippen LogP contribution >= 0.6 is 11.6 Å². The molecular weight excluding hydrogens is 298 g/mol. The predicted octanol–water partition coefficient (Wildman–Crippen LogP) is 3.31. The van der Waals surface area contributed by atoms with Crippen LogP contribution in [0.3, 0.4) is 0 Å². The fourth-order valence-corrected chi connectivity index (χ4v) is 2.32. The van der Waals surface area contributed by atoms with Crippen molar-refractivity contribution in [2.45, 2.75) is 0 Å². The maximum absolute atomic E-state index is 6.11. The van der Waals surface area contributed by atoms with E-state index >= 15 is 0 Å². The third-order valence-corrected chi connectivity index (χ3v) is 3.42. The Hall–Kier alpha value is -2.66. The zero-order valence-corrected chi connectivity index (χ0v) is 12.7. The van der Waals surface area contributed by atoms with E-state index in [4.69, 9.17) is 17.3 Å². The van der Waals surface area contributed by atoms with Gasteiger partial charge in [-0.05, 0) is 18.2 Å². The molecule has 1 aromatic heterocycles. The van der Waals surface area contributed by atoms with Gasteiger partial charge in [-0.25, -0.2) is 9.97 Å². The molecule has 3 aromatic rings. The number of rotatable bonds is 2. The number of hydrogen-bond donors (Lipinski definition) is 2. The Morgan fingerprint density at radius 1 is 1.14 bits per heavy atom. The number of nitrogens with zero attached hydrogens (tertiary/aromatic N) is 3. The summed E-state index contributed by atoms with van der Waals surface area (Å²) in [6.45, 7) is 0. The lowest BCUT2D eigenvalue weighted by atomic mass is 10.1. The molecule has 3 N–H and O–H groups in total. The standard InChI is InChI=1S/C16H14ClN5/c1-19-15(18)22-16-20-13-8-7-11(17)9-12(13)14(21-16)10-5-3-2-4-6-10/h2-9H,1H3,(H3,18,19,20,21,22). The van der Waals surface area contributed by atoms with Crippen molar-refractivity contribution in [2.24, 2.45) is 10.7 Å². The number of anilines is 1. The fraction of sp³-hybridized carbons (Fsp3) is 0.0625. The van der Waals surface area contributed by atoms with Crippen LogP contribution in [0.1, 0.15) is 0 Å². The molecule has 0 saturated carbocycles. The first kappa shape index (κ1) is 14.3. The molecule has 0 aliphatic heterocycles. The van der Waals surface area contributed by atoms with Crippen molar-refractivity contribution < 1.29 is 0 Å². The van der Waals surface area contributed by atoms with E-state index in [9.17, 15) is 0 Å². The van der Waals surface area contributed by atoms with Crippen LogP contribution in [0.15, 0.2) is 53.5 Å². The summed E-state index contributed by atoms with van der Waals surface area (Å²) in [5.41, 5.74) is 8.25. The molecule has 0 unspecified atom stereocenters. The summed E-state index contributed by atoms with van der Waals surface area (Å²) in [6, 6.07) is 15.4. The molecule has 2 aromatic carbocycles. The number of benzene rings is 2. The monoisotopic (exact) mass is 311 g/mol. The molecule has 0 saturated heterocycles. The Kier molecular flexibility index (Phi) is 3.89. The molecule has 22 heavy (non-hydrogen) atoms. The van der Waals surface area contributed by atoms with Gasteiger partial charge in [-0.15, -0.1) is 0 Å². The van der Waals surface area contributed by atoms with Crippen LogP contribution < -0.4 is 11.1 Å². The average Bonchev–Trinajstić information content (AvgIpc) is 2.55. The van der Waals surface area contributed by atoms with Crippen molar-refractivity contribution in [3.8, 4) is 11.3 Å². The normalized spacial score (nSPS) is 11.6. The first-order valence-corrected chi connectivity index (χ1v) is 7.07. The summed E-state index contributed by atoms with van der Waals surface area (Å²) >= 11 is 6.11. The SMILES string of the molecule is CN=C(N)Nc1nc(-c2ccccc2)c2cc(Cl)ccc2n1. The third-order valence-electron chi connectivity index (χ3n) is 3.19. The summed E-state index contributed by atoms with van der Waals surface area (Å²) in [6.07, 6.45) is 0. The Morgan fingerprint density at radius 3 is 2.64 bits per heavy atom. The smallest absolute Gasteiger partial charge is 0.230 e. The molecule has 0 aliphatic rings. The second-order valence-electron chi connectivity index (χ2n) is 4.66. The molecule has 0 radical (unpaired) electrons. The first-order valence-electron chi connectivity index (χ1n) is 6.69. The Balaban J connectivity index is 2.24. The predicted molar refractivity (Wildman–Crippen MR) is 91.2 cm³/mol. The van der Waals surface area contributed by atoms with Gasteiger partial charge in [0.2, 0.25) is 5.95 Å². The van der Waals surface area contributed by atoms with Gasteiger partial charge < -0.3 is 5.73 Å². The zero-order chi connectivity index (χ0) is 15.5. The van der Waals surface area contributed by atoms with Crippen molar-refractivity contribution in [3.63, 3.8) is 0 Å². The summed E-state index contributed by atoms with van der Waals surface area (Å²) in [7, 11) is 1.60. The van der Waals surface area contributed by atoms with E-state index in [0.717, 1.165) is 22.2 Å². The highest BCUT2D eigenvalue weighted by molar-refractivity contribution is 6.31. The van der Waals surface area contributed by atoms with E-state index in [0.29, 0.717) is 11.0 Å². The van der Waals surface area contributed by atoms with Crippen molar-refractivity contribution >= 4 is 34.4 Å². The lowest BCUT2D eigenvalue weighted by Crippen LogP contribution is -2.23. The Bertz CT molecular complexity index is 846. The van der Waals surface area contributed by atoms with Gasteiger partial charge in [0.1, 0.15) is 0 Å². The van der Waals surface area contributed by atoms with Gasteiger partial charge in [0.05, 0.1) is 11.2 Å². The maximum Gasteiger partial charge on any atom is 0.230 e. The van der Waals surface area contributed by atoms with E-state index in [-0.39, 0.29) is 5.96 Å². The number of nitrogens with one attached hydrogen (secondary N) is 1. The maximum atomic E-state index is 6.11. The van der Waals surface area contributed by atoms with Crippen molar-refractivity contribution in [1.82, 2.24) is 9.97 Å².